The minimum atomic E-state index is -0.449. The van der Waals surface area contributed by atoms with Crippen LogP contribution >= 0.6 is 11.3 Å². The van der Waals surface area contributed by atoms with Gasteiger partial charge in [-0.3, -0.25) is 20.4 Å². The average molecular weight is 339 g/mol. The molecule has 0 saturated carbocycles. The van der Waals surface area contributed by atoms with Crippen molar-refractivity contribution in [2.24, 2.45) is 5.92 Å². The molecule has 3 rings (SSSR count). The first-order valence-electron chi connectivity index (χ1n) is 7.79. The molecular weight excluding hydrogens is 322 g/mol. The molecule has 0 radical (unpaired) electrons. The van der Waals surface area contributed by atoms with Crippen molar-refractivity contribution in [1.82, 2.24) is 10.9 Å². The van der Waals surface area contributed by atoms with E-state index in [4.69, 9.17) is 5.26 Å². The highest BCUT2D eigenvalue weighted by Crippen LogP contribution is 2.32. The zero-order valence-electron chi connectivity index (χ0n) is 13.3. The lowest BCUT2D eigenvalue weighted by Crippen LogP contribution is -2.41. The van der Waals surface area contributed by atoms with E-state index in [-0.39, 0.29) is 5.91 Å². The Morgan fingerprint density at radius 2 is 2.04 bits per heavy atom. The van der Waals surface area contributed by atoms with Crippen LogP contribution in [0, 0.1) is 17.2 Å². The third-order valence-electron chi connectivity index (χ3n) is 4.10. The lowest BCUT2D eigenvalue weighted by molar-refractivity contribution is 0.0849. The summed E-state index contributed by atoms with van der Waals surface area (Å²) in [6.45, 7) is 2.22. The van der Waals surface area contributed by atoms with E-state index in [2.05, 4.69) is 17.8 Å². The van der Waals surface area contributed by atoms with E-state index in [9.17, 15) is 9.59 Å². The van der Waals surface area contributed by atoms with Crippen LogP contribution in [0.15, 0.2) is 30.3 Å². The van der Waals surface area contributed by atoms with Gasteiger partial charge in [-0.15, -0.1) is 11.3 Å². The number of rotatable bonds is 2. The molecule has 2 N–H and O–H groups in total. The summed E-state index contributed by atoms with van der Waals surface area (Å²) in [5.74, 6) is -0.114. The molecule has 0 saturated heterocycles. The second kappa shape index (κ2) is 6.85. The average Bonchev–Trinajstić information content (AvgIpc) is 3.02. The van der Waals surface area contributed by atoms with Gasteiger partial charge in [0, 0.05) is 10.4 Å². The molecule has 0 aliphatic heterocycles. The highest BCUT2D eigenvalue weighted by molar-refractivity contribution is 7.14. The summed E-state index contributed by atoms with van der Waals surface area (Å²) in [4.78, 5) is 26.2. The van der Waals surface area contributed by atoms with E-state index in [1.807, 2.05) is 12.1 Å². The molecule has 5 nitrogen and oxygen atoms in total. The fourth-order valence-electron chi connectivity index (χ4n) is 2.79. The Morgan fingerprint density at radius 1 is 1.25 bits per heavy atom. The summed E-state index contributed by atoms with van der Waals surface area (Å²) in [5, 5.41) is 8.86. The van der Waals surface area contributed by atoms with Crippen molar-refractivity contribution >= 4 is 23.2 Å². The molecule has 1 atom stereocenters. The molecule has 2 amide bonds. The smallest absolute Gasteiger partial charge is 0.267 e. The maximum atomic E-state index is 12.2. The lowest BCUT2D eigenvalue weighted by Gasteiger charge is -2.16. The second-order valence-corrected chi connectivity index (χ2v) is 7.14. The zero-order chi connectivity index (χ0) is 17.1. The number of nitriles is 1. The number of fused-ring (bicyclic) bond motifs is 1. The zero-order valence-corrected chi connectivity index (χ0v) is 14.1. The third kappa shape index (κ3) is 3.47. The van der Waals surface area contributed by atoms with Crippen molar-refractivity contribution in [3.05, 3.63) is 56.8 Å². The van der Waals surface area contributed by atoms with Crippen molar-refractivity contribution in [3.8, 4) is 6.07 Å². The molecule has 2 aromatic rings. The van der Waals surface area contributed by atoms with Crippen molar-refractivity contribution < 1.29 is 9.59 Å². The minimum Gasteiger partial charge on any atom is -0.267 e. The molecule has 0 fully saturated rings. The summed E-state index contributed by atoms with van der Waals surface area (Å²) < 4.78 is 0. The standard InChI is InChI=1S/C18H17N3O2S/c1-11-5-6-15-14(7-11)9-16(24-15)18(23)21-20-17(22)13-4-2-3-12(8-13)10-19/h2-4,8-9,11H,5-7H2,1H3,(H,20,22)(H,21,23)/t11-/m1/s1. The number of nitrogens with one attached hydrogen (secondary N) is 2. The van der Waals surface area contributed by atoms with Crippen LogP contribution in [0.2, 0.25) is 0 Å². The second-order valence-electron chi connectivity index (χ2n) is 6.01. The molecule has 1 heterocycles. The highest BCUT2D eigenvalue weighted by Gasteiger charge is 2.21. The number of carbonyl (C=O) groups excluding carboxylic acids is 2. The first-order valence-corrected chi connectivity index (χ1v) is 8.61. The number of hydrogen-bond acceptors (Lipinski definition) is 4. The lowest BCUT2D eigenvalue weighted by atomic mass is 9.90. The van der Waals surface area contributed by atoms with E-state index in [0.29, 0.717) is 21.9 Å². The Balaban J connectivity index is 1.63. The Hall–Kier alpha value is -2.65. The SMILES string of the molecule is C[C@@H]1CCc2sc(C(=O)NNC(=O)c3cccc(C#N)c3)cc2C1. The summed E-state index contributed by atoms with van der Waals surface area (Å²) in [5.41, 5.74) is 6.81. The fraction of sp³-hybridized carbons (Fsp3) is 0.278. The summed E-state index contributed by atoms with van der Waals surface area (Å²) >= 11 is 1.49. The highest BCUT2D eigenvalue weighted by atomic mass is 32.1. The van der Waals surface area contributed by atoms with Gasteiger partial charge >= 0.3 is 0 Å². The molecule has 1 aromatic carbocycles. The van der Waals surface area contributed by atoms with Gasteiger partial charge in [-0.1, -0.05) is 13.0 Å². The maximum Gasteiger partial charge on any atom is 0.279 e. The number of hydrazine groups is 1. The molecule has 0 unspecified atom stereocenters. The summed E-state index contributed by atoms with van der Waals surface area (Å²) in [6.07, 6.45) is 3.18. The summed E-state index contributed by atoms with van der Waals surface area (Å²) in [6, 6.07) is 10.2. The predicted molar refractivity (Wildman–Crippen MR) is 91.6 cm³/mol. The molecule has 122 valence electrons. The normalized spacial score (nSPS) is 15.9. The Labute approximate surface area is 144 Å². The van der Waals surface area contributed by atoms with Crippen LogP contribution in [0.3, 0.4) is 0 Å². The van der Waals surface area contributed by atoms with Crippen LogP contribution in [-0.4, -0.2) is 11.8 Å². The van der Waals surface area contributed by atoms with Gasteiger partial charge in [-0.2, -0.15) is 5.26 Å². The molecule has 24 heavy (non-hydrogen) atoms. The third-order valence-corrected chi connectivity index (χ3v) is 5.33. The number of aryl methyl sites for hydroxylation is 1. The van der Waals surface area contributed by atoms with Crippen molar-refractivity contribution in [2.45, 2.75) is 26.2 Å². The number of nitrogens with zero attached hydrogens (tertiary/aromatic N) is 1. The first kappa shape index (κ1) is 16.2. The number of amides is 2. The first-order chi connectivity index (χ1) is 11.6. The predicted octanol–water partition coefficient (Wildman–Crippen LogP) is 2.82. The van der Waals surface area contributed by atoms with Crippen LogP contribution in [0.1, 0.15) is 49.4 Å². The van der Waals surface area contributed by atoms with Crippen molar-refractivity contribution in [1.29, 1.82) is 5.26 Å². The molecular formula is C18H17N3O2S. The molecule has 6 heteroatoms. The van der Waals surface area contributed by atoms with E-state index in [1.165, 1.54) is 27.8 Å². The Kier molecular flexibility index (Phi) is 4.63. The monoisotopic (exact) mass is 339 g/mol. The molecule has 1 aromatic heterocycles. The van der Waals surface area contributed by atoms with Gasteiger partial charge in [0.1, 0.15) is 0 Å². The van der Waals surface area contributed by atoms with Crippen molar-refractivity contribution in [3.63, 3.8) is 0 Å². The van der Waals surface area contributed by atoms with Gasteiger partial charge < -0.3 is 0 Å². The van der Waals surface area contributed by atoms with Crippen LogP contribution in [0.25, 0.3) is 0 Å². The quantitative estimate of drug-likeness (QED) is 0.826. The van der Waals surface area contributed by atoms with E-state index < -0.39 is 5.91 Å². The van der Waals surface area contributed by atoms with Gasteiger partial charge in [-0.05, 0) is 55.0 Å². The minimum absolute atomic E-state index is 0.313. The van der Waals surface area contributed by atoms with Gasteiger partial charge in [-0.25, -0.2) is 0 Å². The molecule has 1 aliphatic rings. The van der Waals surface area contributed by atoms with Gasteiger partial charge in [0.2, 0.25) is 0 Å². The van der Waals surface area contributed by atoms with E-state index in [1.54, 1.807) is 18.2 Å². The van der Waals surface area contributed by atoms with E-state index >= 15 is 0 Å². The van der Waals surface area contributed by atoms with Gasteiger partial charge in [0.15, 0.2) is 0 Å². The van der Waals surface area contributed by atoms with Crippen LogP contribution < -0.4 is 10.9 Å². The molecule has 1 aliphatic carbocycles. The molecule has 0 spiro atoms. The number of benzene rings is 1. The van der Waals surface area contributed by atoms with Gasteiger partial charge in [0.05, 0.1) is 16.5 Å². The van der Waals surface area contributed by atoms with Crippen LogP contribution in [-0.2, 0) is 12.8 Å². The molecule has 0 bridgehead atoms. The van der Waals surface area contributed by atoms with Crippen LogP contribution in [0.4, 0.5) is 0 Å². The van der Waals surface area contributed by atoms with E-state index in [0.717, 1.165) is 19.3 Å². The number of carbonyl (C=O) groups is 2. The Morgan fingerprint density at radius 3 is 2.83 bits per heavy atom. The number of thiophene rings is 1. The topological polar surface area (TPSA) is 82.0 Å². The van der Waals surface area contributed by atoms with Crippen LogP contribution in [0.5, 0.6) is 0 Å². The largest absolute Gasteiger partial charge is 0.279 e. The van der Waals surface area contributed by atoms with Crippen molar-refractivity contribution in [2.75, 3.05) is 0 Å². The number of hydrogen-bond donors (Lipinski definition) is 2. The maximum absolute atomic E-state index is 12.2. The van der Waals surface area contributed by atoms with Gasteiger partial charge in [0.25, 0.3) is 11.8 Å². The fourth-order valence-corrected chi connectivity index (χ4v) is 3.90. The Bertz CT molecular complexity index is 835. The summed E-state index contributed by atoms with van der Waals surface area (Å²) in [7, 11) is 0.